The predicted molar refractivity (Wildman–Crippen MR) is 85.6 cm³/mol. The highest BCUT2D eigenvalue weighted by Crippen LogP contribution is 2.26. The molecule has 2 atom stereocenters. The summed E-state index contributed by atoms with van der Waals surface area (Å²) < 4.78 is 9.99. The molecule has 2 unspecified atom stereocenters. The van der Waals surface area contributed by atoms with E-state index in [0.717, 1.165) is 0 Å². The molecule has 0 fully saturated rings. The van der Waals surface area contributed by atoms with Gasteiger partial charge in [-0.25, -0.2) is 9.78 Å². The molecule has 1 aromatic rings. The van der Waals surface area contributed by atoms with Gasteiger partial charge in [-0.1, -0.05) is 11.6 Å². The molecule has 7 nitrogen and oxygen atoms in total. The van der Waals surface area contributed by atoms with E-state index in [1.165, 1.54) is 19.4 Å². The van der Waals surface area contributed by atoms with Gasteiger partial charge in [0.05, 0.1) is 13.2 Å². The van der Waals surface area contributed by atoms with E-state index in [4.69, 9.17) is 21.1 Å². The molecule has 1 amide bonds. The minimum absolute atomic E-state index is 0.143. The summed E-state index contributed by atoms with van der Waals surface area (Å²) in [6.45, 7) is 5.42. The van der Waals surface area contributed by atoms with Crippen molar-refractivity contribution < 1.29 is 24.5 Å². The van der Waals surface area contributed by atoms with Crippen molar-refractivity contribution in [1.82, 2.24) is 10.3 Å². The Balaban J connectivity index is 2.49. The fourth-order valence-electron chi connectivity index (χ4n) is 1.77. The number of nitrogens with zero attached hydrogens (tertiary/aromatic N) is 1. The normalized spacial score (nSPS) is 14.0. The summed E-state index contributed by atoms with van der Waals surface area (Å²) in [5, 5.41) is 22.8. The number of carbonyl (C=O) groups is 1. The monoisotopic (exact) mass is 346 g/mol. The second-order valence-corrected chi connectivity index (χ2v) is 6.40. The van der Waals surface area contributed by atoms with E-state index in [0.29, 0.717) is 5.56 Å². The smallest absolute Gasteiger partial charge is 0.407 e. The van der Waals surface area contributed by atoms with Crippen LogP contribution in [0.15, 0.2) is 12.3 Å². The van der Waals surface area contributed by atoms with E-state index in [2.05, 4.69) is 10.3 Å². The lowest BCUT2D eigenvalue weighted by Crippen LogP contribution is -2.34. The fraction of sp³-hybridized carbons (Fsp3) is 0.600. The SMILES string of the molecule is COc1ncc(C(O)C(O)CCNC(=O)OC(C)(C)C)cc1Cl. The van der Waals surface area contributed by atoms with Crippen LogP contribution in [0, 0.1) is 0 Å². The summed E-state index contributed by atoms with van der Waals surface area (Å²) in [6, 6.07) is 1.47. The summed E-state index contributed by atoms with van der Waals surface area (Å²) in [6.07, 6.45) is -1.32. The van der Waals surface area contributed by atoms with Gasteiger partial charge in [0.2, 0.25) is 5.88 Å². The Hall–Kier alpha value is -1.57. The number of ether oxygens (including phenoxy) is 2. The second-order valence-electron chi connectivity index (χ2n) is 5.99. The third-order valence-electron chi connectivity index (χ3n) is 2.84. The van der Waals surface area contributed by atoms with Crippen LogP contribution in [0.4, 0.5) is 4.79 Å². The van der Waals surface area contributed by atoms with Gasteiger partial charge in [0, 0.05) is 18.3 Å². The van der Waals surface area contributed by atoms with Crippen molar-refractivity contribution in [2.24, 2.45) is 0 Å². The number of nitrogens with one attached hydrogen (secondary N) is 1. The van der Waals surface area contributed by atoms with Gasteiger partial charge in [-0.3, -0.25) is 0 Å². The van der Waals surface area contributed by atoms with Crippen LogP contribution in [0.1, 0.15) is 38.9 Å². The minimum atomic E-state index is -1.17. The van der Waals surface area contributed by atoms with Crippen LogP contribution < -0.4 is 10.1 Å². The molecule has 0 radical (unpaired) electrons. The Bertz CT molecular complexity index is 533. The third kappa shape index (κ3) is 6.60. The van der Waals surface area contributed by atoms with Gasteiger partial charge in [0.25, 0.3) is 0 Å². The highest BCUT2D eigenvalue weighted by atomic mass is 35.5. The van der Waals surface area contributed by atoms with Gasteiger partial charge in [-0.05, 0) is 33.3 Å². The number of hydrogen-bond acceptors (Lipinski definition) is 6. The molecule has 130 valence electrons. The standard InChI is InChI=1S/C15H23ClN2O5/c1-15(2,3)23-14(21)17-6-5-11(19)12(20)9-7-10(16)13(22-4)18-8-9/h7-8,11-12,19-20H,5-6H2,1-4H3,(H,17,21). The lowest BCUT2D eigenvalue weighted by Gasteiger charge is -2.21. The van der Waals surface area contributed by atoms with Crippen LogP contribution in [-0.2, 0) is 4.74 Å². The average molecular weight is 347 g/mol. The maximum atomic E-state index is 11.5. The maximum Gasteiger partial charge on any atom is 0.407 e. The molecular formula is C15H23ClN2O5. The zero-order valence-electron chi connectivity index (χ0n) is 13.7. The van der Waals surface area contributed by atoms with Crippen LogP contribution >= 0.6 is 11.6 Å². The molecule has 1 heterocycles. The van der Waals surface area contributed by atoms with Gasteiger partial charge in [0.15, 0.2) is 0 Å². The summed E-state index contributed by atoms with van der Waals surface area (Å²) in [5.41, 5.74) is -0.228. The van der Waals surface area contributed by atoms with E-state index in [-0.39, 0.29) is 23.9 Å². The van der Waals surface area contributed by atoms with Crippen molar-refractivity contribution in [2.75, 3.05) is 13.7 Å². The molecule has 0 bridgehead atoms. The summed E-state index contributed by atoms with van der Waals surface area (Å²) >= 11 is 5.93. The summed E-state index contributed by atoms with van der Waals surface area (Å²) in [5.74, 6) is 0.240. The summed E-state index contributed by atoms with van der Waals surface area (Å²) in [7, 11) is 1.43. The molecule has 0 aromatic carbocycles. The number of methoxy groups -OCH3 is 1. The summed E-state index contributed by atoms with van der Waals surface area (Å²) in [4.78, 5) is 15.4. The minimum Gasteiger partial charge on any atom is -0.480 e. The largest absolute Gasteiger partial charge is 0.480 e. The number of hydrogen-bond donors (Lipinski definition) is 3. The van der Waals surface area contributed by atoms with E-state index < -0.39 is 23.9 Å². The number of aliphatic hydroxyl groups excluding tert-OH is 2. The lowest BCUT2D eigenvalue weighted by atomic mass is 10.0. The van der Waals surface area contributed by atoms with E-state index in [1.54, 1.807) is 20.8 Å². The Morgan fingerprint density at radius 2 is 2.09 bits per heavy atom. The molecule has 0 saturated carbocycles. The molecule has 0 spiro atoms. The molecule has 23 heavy (non-hydrogen) atoms. The van der Waals surface area contributed by atoms with Gasteiger partial charge < -0.3 is 25.0 Å². The number of aromatic nitrogens is 1. The zero-order valence-corrected chi connectivity index (χ0v) is 14.4. The first-order chi connectivity index (χ1) is 10.6. The van der Waals surface area contributed by atoms with Crippen LogP contribution in [0.25, 0.3) is 0 Å². The van der Waals surface area contributed by atoms with Crippen molar-refractivity contribution >= 4 is 17.7 Å². The number of aliphatic hydroxyl groups is 2. The zero-order chi connectivity index (χ0) is 17.6. The van der Waals surface area contributed by atoms with Crippen LogP contribution in [-0.4, -0.2) is 46.6 Å². The van der Waals surface area contributed by atoms with Crippen LogP contribution in [0.3, 0.4) is 0 Å². The van der Waals surface area contributed by atoms with E-state index in [1.807, 2.05) is 0 Å². The Kier molecular flexibility index (Phi) is 7.05. The Morgan fingerprint density at radius 1 is 1.43 bits per heavy atom. The number of carbonyl (C=O) groups excluding carboxylic acids is 1. The van der Waals surface area contributed by atoms with E-state index >= 15 is 0 Å². The molecule has 1 rings (SSSR count). The average Bonchev–Trinajstić information content (AvgIpc) is 2.44. The molecule has 8 heteroatoms. The van der Waals surface area contributed by atoms with Gasteiger partial charge in [-0.15, -0.1) is 0 Å². The first kappa shape index (κ1) is 19.5. The quantitative estimate of drug-likeness (QED) is 0.728. The van der Waals surface area contributed by atoms with E-state index in [9.17, 15) is 15.0 Å². The molecule has 3 N–H and O–H groups in total. The second kappa shape index (κ2) is 8.33. The van der Waals surface area contributed by atoms with Crippen LogP contribution in [0.2, 0.25) is 5.02 Å². The van der Waals surface area contributed by atoms with Gasteiger partial charge >= 0.3 is 6.09 Å². The van der Waals surface area contributed by atoms with Crippen molar-refractivity contribution in [1.29, 1.82) is 0 Å². The predicted octanol–water partition coefficient (Wildman–Crippen LogP) is 2.05. The van der Waals surface area contributed by atoms with Gasteiger partial charge in [-0.2, -0.15) is 0 Å². The molecule has 0 aliphatic carbocycles. The molecule has 0 saturated heterocycles. The topological polar surface area (TPSA) is 101 Å². The number of alkyl carbamates (subject to hydrolysis) is 1. The Morgan fingerprint density at radius 3 is 2.61 bits per heavy atom. The lowest BCUT2D eigenvalue weighted by molar-refractivity contribution is 0.0121. The third-order valence-corrected chi connectivity index (χ3v) is 3.11. The Labute approximate surface area is 140 Å². The molecule has 1 aromatic heterocycles. The molecule has 0 aliphatic rings. The fourth-order valence-corrected chi connectivity index (χ4v) is 2.02. The number of pyridine rings is 1. The maximum absolute atomic E-state index is 11.5. The highest BCUT2D eigenvalue weighted by Gasteiger charge is 2.21. The van der Waals surface area contributed by atoms with Crippen molar-refractivity contribution in [3.63, 3.8) is 0 Å². The first-order valence-electron chi connectivity index (χ1n) is 7.16. The number of amides is 1. The number of halogens is 1. The highest BCUT2D eigenvalue weighted by molar-refractivity contribution is 6.31. The van der Waals surface area contributed by atoms with Crippen molar-refractivity contribution in [2.45, 2.75) is 45.0 Å². The van der Waals surface area contributed by atoms with Crippen molar-refractivity contribution in [3.8, 4) is 5.88 Å². The van der Waals surface area contributed by atoms with Crippen LogP contribution in [0.5, 0.6) is 5.88 Å². The first-order valence-corrected chi connectivity index (χ1v) is 7.54. The van der Waals surface area contributed by atoms with Gasteiger partial charge in [0.1, 0.15) is 16.7 Å². The number of rotatable bonds is 6. The molecule has 0 aliphatic heterocycles. The molecular weight excluding hydrogens is 324 g/mol. The van der Waals surface area contributed by atoms with Crippen molar-refractivity contribution in [3.05, 3.63) is 22.8 Å².